The summed E-state index contributed by atoms with van der Waals surface area (Å²) in [5.41, 5.74) is 0. The molecule has 1 rings (SSSR count). The number of nitrogens with one attached hydrogen (secondary N) is 1. The lowest BCUT2D eigenvalue weighted by Gasteiger charge is -2.05. The van der Waals surface area contributed by atoms with Crippen LogP contribution in [0.5, 0.6) is 5.75 Å². The van der Waals surface area contributed by atoms with Crippen molar-refractivity contribution in [1.29, 1.82) is 0 Å². The van der Waals surface area contributed by atoms with Crippen LogP contribution in [0.4, 0.5) is 0 Å². The number of carbonyl (C=O) groups is 1. The van der Waals surface area contributed by atoms with Gasteiger partial charge in [0.15, 0.2) is 6.61 Å². The van der Waals surface area contributed by atoms with E-state index in [1.54, 1.807) is 25.2 Å². The lowest BCUT2D eigenvalue weighted by Crippen LogP contribution is -2.24. The summed E-state index contributed by atoms with van der Waals surface area (Å²) in [4.78, 5) is 10.8. The highest BCUT2D eigenvalue weighted by atomic mass is 35.5. The van der Waals surface area contributed by atoms with Gasteiger partial charge in [-0.05, 0) is 18.2 Å². The Balaban J connectivity index is 2.54. The lowest BCUT2D eigenvalue weighted by molar-refractivity contribution is -0.122. The number of hydrogen-bond acceptors (Lipinski definition) is 2. The van der Waals surface area contributed by atoms with E-state index in [0.717, 1.165) is 0 Å². The molecule has 3 nitrogen and oxygen atoms in total. The Morgan fingerprint density at radius 2 is 2.54 bits per heavy atom. The van der Waals surface area contributed by atoms with Gasteiger partial charge in [-0.3, -0.25) is 4.79 Å². The molecule has 0 aliphatic carbocycles. The maximum atomic E-state index is 10.8. The Morgan fingerprint density at radius 3 is 3.15 bits per heavy atom. The summed E-state index contributed by atoms with van der Waals surface area (Å²) in [6.07, 6.45) is 0. The monoisotopic (exact) mass is 198 g/mol. The minimum atomic E-state index is -0.195. The van der Waals surface area contributed by atoms with E-state index in [2.05, 4.69) is 11.4 Å². The van der Waals surface area contributed by atoms with Crippen LogP contribution in [0.3, 0.4) is 0 Å². The molecular formula is C9H9ClNO2. The van der Waals surface area contributed by atoms with E-state index >= 15 is 0 Å². The third-order valence-corrected chi connectivity index (χ3v) is 1.73. The van der Waals surface area contributed by atoms with Gasteiger partial charge in [-0.25, -0.2) is 0 Å². The average molecular weight is 199 g/mol. The number of carbonyl (C=O) groups excluding carboxylic acids is 1. The fourth-order valence-electron chi connectivity index (χ4n) is 0.722. The van der Waals surface area contributed by atoms with E-state index < -0.39 is 0 Å². The number of benzene rings is 1. The fourth-order valence-corrected chi connectivity index (χ4v) is 0.894. The third-order valence-electron chi connectivity index (χ3n) is 1.41. The molecular weight excluding hydrogens is 190 g/mol. The van der Waals surface area contributed by atoms with Crippen LogP contribution < -0.4 is 10.1 Å². The lowest BCUT2D eigenvalue weighted by atomic mass is 10.3. The van der Waals surface area contributed by atoms with Crippen molar-refractivity contribution in [1.82, 2.24) is 5.32 Å². The molecule has 13 heavy (non-hydrogen) atoms. The second kappa shape index (κ2) is 4.72. The van der Waals surface area contributed by atoms with Crippen molar-refractivity contribution in [3.05, 3.63) is 29.3 Å². The topological polar surface area (TPSA) is 38.3 Å². The molecule has 0 aromatic heterocycles. The zero-order valence-corrected chi connectivity index (χ0v) is 7.89. The smallest absolute Gasteiger partial charge is 0.257 e. The number of amides is 1. The molecule has 0 unspecified atom stereocenters. The van der Waals surface area contributed by atoms with Gasteiger partial charge < -0.3 is 10.1 Å². The van der Waals surface area contributed by atoms with Crippen molar-refractivity contribution < 1.29 is 9.53 Å². The summed E-state index contributed by atoms with van der Waals surface area (Å²) in [7, 11) is 1.55. The van der Waals surface area contributed by atoms with Crippen molar-refractivity contribution in [3.8, 4) is 5.75 Å². The molecule has 0 bridgehead atoms. The predicted molar refractivity (Wildman–Crippen MR) is 49.8 cm³/mol. The molecule has 0 atom stereocenters. The summed E-state index contributed by atoms with van der Waals surface area (Å²) in [5, 5.41) is 2.91. The van der Waals surface area contributed by atoms with Gasteiger partial charge in [0.2, 0.25) is 0 Å². The highest BCUT2D eigenvalue weighted by molar-refractivity contribution is 6.32. The summed E-state index contributed by atoms with van der Waals surface area (Å²) < 4.78 is 5.11. The Morgan fingerprint density at radius 1 is 1.77 bits per heavy atom. The van der Waals surface area contributed by atoms with Crippen molar-refractivity contribution in [2.24, 2.45) is 0 Å². The van der Waals surface area contributed by atoms with Crippen LogP contribution in [0.2, 0.25) is 5.02 Å². The maximum absolute atomic E-state index is 10.8. The highest BCUT2D eigenvalue weighted by Crippen LogP contribution is 2.22. The molecule has 1 amide bonds. The summed E-state index contributed by atoms with van der Waals surface area (Å²) in [6.45, 7) is -0.0337. The third kappa shape index (κ3) is 2.95. The molecule has 4 heteroatoms. The molecule has 69 valence electrons. The number of halogens is 1. The minimum Gasteiger partial charge on any atom is -0.482 e. The van der Waals surface area contributed by atoms with Crippen LogP contribution >= 0.6 is 11.6 Å². The van der Waals surface area contributed by atoms with Gasteiger partial charge in [0.05, 0.1) is 5.02 Å². The molecule has 1 N–H and O–H groups in total. The van der Waals surface area contributed by atoms with Crippen molar-refractivity contribution in [3.63, 3.8) is 0 Å². The van der Waals surface area contributed by atoms with Crippen LogP contribution in [-0.4, -0.2) is 19.6 Å². The largest absolute Gasteiger partial charge is 0.482 e. The normalized spacial score (nSPS) is 9.38. The summed E-state index contributed by atoms with van der Waals surface area (Å²) in [6, 6.07) is 7.72. The zero-order valence-electron chi connectivity index (χ0n) is 7.13. The highest BCUT2D eigenvalue weighted by Gasteiger charge is 2.02. The molecule has 0 spiro atoms. The second-order valence-electron chi connectivity index (χ2n) is 2.32. The van der Waals surface area contributed by atoms with Gasteiger partial charge in [-0.2, -0.15) is 0 Å². The zero-order chi connectivity index (χ0) is 9.68. The quantitative estimate of drug-likeness (QED) is 0.794. The summed E-state index contributed by atoms with van der Waals surface area (Å²) >= 11 is 5.77. The van der Waals surface area contributed by atoms with Crippen molar-refractivity contribution in [2.45, 2.75) is 0 Å². The molecule has 0 saturated heterocycles. The molecule has 1 aromatic carbocycles. The minimum absolute atomic E-state index is 0.0337. The van der Waals surface area contributed by atoms with E-state index in [4.69, 9.17) is 16.3 Å². The van der Waals surface area contributed by atoms with Gasteiger partial charge >= 0.3 is 0 Å². The van der Waals surface area contributed by atoms with Gasteiger partial charge in [0, 0.05) is 7.05 Å². The van der Waals surface area contributed by atoms with Gasteiger partial charge in [-0.15, -0.1) is 0 Å². The van der Waals surface area contributed by atoms with Crippen molar-refractivity contribution in [2.75, 3.05) is 13.7 Å². The van der Waals surface area contributed by atoms with E-state index in [1.807, 2.05) is 0 Å². The molecule has 0 fully saturated rings. The Labute approximate surface area is 81.7 Å². The predicted octanol–water partition coefficient (Wildman–Crippen LogP) is 1.26. The SMILES string of the molecule is CNC(=O)COc1c[c]ccc1Cl. The van der Waals surface area contributed by atoms with Crippen LogP contribution in [0.25, 0.3) is 0 Å². The van der Waals surface area contributed by atoms with Crippen LogP contribution in [-0.2, 0) is 4.79 Å². The Kier molecular flexibility index (Phi) is 3.58. The van der Waals surface area contributed by atoms with Crippen LogP contribution in [0, 0.1) is 6.07 Å². The molecule has 1 aromatic rings. The maximum Gasteiger partial charge on any atom is 0.257 e. The number of rotatable bonds is 3. The molecule has 0 aliphatic heterocycles. The Bertz CT molecular complexity index is 301. The first-order chi connectivity index (χ1) is 6.24. The number of likely N-dealkylation sites (N-methyl/N-ethyl adjacent to an activating group) is 1. The number of ether oxygens (including phenoxy) is 1. The molecule has 0 aliphatic rings. The second-order valence-corrected chi connectivity index (χ2v) is 2.73. The van der Waals surface area contributed by atoms with Crippen LogP contribution in [0.1, 0.15) is 0 Å². The standard InChI is InChI=1S/C9H9ClNO2/c1-11-9(12)6-13-8-5-3-2-4-7(8)10/h2,4-5H,6H2,1H3,(H,11,12). The van der Waals surface area contributed by atoms with E-state index in [9.17, 15) is 4.79 Å². The van der Waals surface area contributed by atoms with Gasteiger partial charge in [0.1, 0.15) is 5.75 Å². The molecule has 0 saturated carbocycles. The van der Waals surface area contributed by atoms with Crippen LogP contribution in [0.15, 0.2) is 18.2 Å². The first kappa shape index (κ1) is 9.86. The van der Waals surface area contributed by atoms with E-state index in [-0.39, 0.29) is 12.5 Å². The molecule has 1 radical (unpaired) electrons. The first-order valence-corrected chi connectivity index (χ1v) is 4.11. The summed E-state index contributed by atoms with van der Waals surface area (Å²) in [5.74, 6) is 0.271. The van der Waals surface area contributed by atoms with Crippen molar-refractivity contribution >= 4 is 17.5 Å². The Hall–Kier alpha value is -1.22. The van der Waals surface area contributed by atoms with Gasteiger partial charge in [-0.1, -0.05) is 17.7 Å². The first-order valence-electron chi connectivity index (χ1n) is 3.73. The van der Waals surface area contributed by atoms with E-state index in [1.165, 1.54) is 0 Å². The number of hydrogen-bond donors (Lipinski definition) is 1. The molecule has 0 heterocycles. The van der Waals surface area contributed by atoms with E-state index in [0.29, 0.717) is 10.8 Å². The fraction of sp³-hybridized carbons (Fsp3) is 0.222. The average Bonchev–Trinajstić information content (AvgIpc) is 2.16. The van der Waals surface area contributed by atoms with Gasteiger partial charge in [0.25, 0.3) is 5.91 Å².